The molecular weight excluding hydrogens is 446 g/mol. The average Bonchev–Trinajstić information content (AvgIpc) is 3.48. The van der Waals surface area contributed by atoms with E-state index < -0.39 is 0 Å². The summed E-state index contributed by atoms with van der Waals surface area (Å²) in [5, 5.41) is 7.49. The van der Waals surface area contributed by atoms with Crippen molar-refractivity contribution in [1.29, 1.82) is 0 Å². The number of thiophene rings is 1. The van der Waals surface area contributed by atoms with Gasteiger partial charge in [0, 0.05) is 51.3 Å². The van der Waals surface area contributed by atoms with Crippen LogP contribution in [0.4, 0.5) is 11.8 Å². The molecule has 0 bridgehead atoms. The van der Waals surface area contributed by atoms with Gasteiger partial charge in [0.25, 0.3) is 0 Å². The summed E-state index contributed by atoms with van der Waals surface area (Å²) < 4.78 is 2.05. The molecule has 0 aliphatic carbocycles. The summed E-state index contributed by atoms with van der Waals surface area (Å²) in [6.07, 6.45) is 7.36. The van der Waals surface area contributed by atoms with Gasteiger partial charge in [0.15, 0.2) is 11.5 Å². The Labute approximate surface area is 196 Å². The van der Waals surface area contributed by atoms with E-state index in [-0.39, 0.29) is 18.4 Å². The van der Waals surface area contributed by atoms with Crippen molar-refractivity contribution < 1.29 is 0 Å². The summed E-state index contributed by atoms with van der Waals surface area (Å²) >= 11 is 1.65. The topological polar surface area (TPSA) is 100 Å². The zero-order chi connectivity index (χ0) is 21.2. The Kier molecular flexibility index (Phi) is 6.85. The monoisotopic (exact) mass is 471 g/mol. The van der Waals surface area contributed by atoms with Crippen molar-refractivity contribution >= 4 is 41.2 Å². The number of hydrogen-bond donors (Lipinski definition) is 2. The van der Waals surface area contributed by atoms with E-state index in [0.717, 1.165) is 54.6 Å². The number of nitrogens with zero attached hydrogens (tertiary/aromatic N) is 7. The average molecular weight is 472 g/mol. The molecule has 5 heterocycles. The lowest BCUT2D eigenvalue weighted by atomic mass is 10.1. The molecule has 1 atom stereocenters. The largest absolute Gasteiger partial charge is 0.351 e. The molecule has 9 nitrogen and oxygen atoms in total. The molecule has 0 amide bonds. The number of rotatable bonds is 6. The normalized spacial score (nSPS) is 15.5. The van der Waals surface area contributed by atoms with Gasteiger partial charge in [-0.3, -0.25) is 4.40 Å². The van der Waals surface area contributed by atoms with Crippen LogP contribution in [0.15, 0.2) is 47.7 Å². The first-order chi connectivity index (χ1) is 15.2. The Morgan fingerprint density at radius 1 is 1.12 bits per heavy atom. The molecule has 32 heavy (non-hydrogen) atoms. The van der Waals surface area contributed by atoms with E-state index >= 15 is 0 Å². The van der Waals surface area contributed by atoms with Crippen molar-refractivity contribution in [2.45, 2.75) is 6.04 Å². The third-order valence-corrected chi connectivity index (χ3v) is 6.32. The summed E-state index contributed by atoms with van der Waals surface area (Å²) in [5.41, 5.74) is 9.65. The maximum Gasteiger partial charge on any atom is 0.223 e. The Morgan fingerprint density at radius 2 is 1.97 bits per heavy atom. The molecule has 0 aromatic carbocycles. The van der Waals surface area contributed by atoms with Crippen LogP contribution in [0.25, 0.3) is 17.0 Å². The molecule has 1 fully saturated rings. The van der Waals surface area contributed by atoms with Gasteiger partial charge in [-0.15, -0.1) is 12.4 Å². The van der Waals surface area contributed by atoms with Gasteiger partial charge in [0.1, 0.15) is 0 Å². The lowest BCUT2D eigenvalue weighted by Crippen LogP contribution is -2.45. The molecule has 1 aliphatic rings. The van der Waals surface area contributed by atoms with Gasteiger partial charge in [-0.1, -0.05) is 0 Å². The van der Waals surface area contributed by atoms with Crippen molar-refractivity contribution in [3.8, 4) is 11.4 Å². The Bertz CT molecular complexity index is 1160. The minimum Gasteiger partial charge on any atom is -0.351 e. The molecule has 1 aliphatic heterocycles. The molecule has 11 heteroatoms. The molecule has 0 spiro atoms. The molecule has 4 aromatic rings. The van der Waals surface area contributed by atoms with E-state index in [1.807, 2.05) is 34.4 Å². The molecule has 1 unspecified atom stereocenters. The van der Waals surface area contributed by atoms with E-state index in [9.17, 15) is 0 Å². The lowest BCUT2D eigenvalue weighted by molar-refractivity contribution is 0.312. The number of hydrogen-bond acceptors (Lipinski definition) is 9. The number of halogens is 1. The number of likely N-dealkylation sites (N-methyl/N-ethyl adjacent to an activating group) is 1. The number of anilines is 2. The summed E-state index contributed by atoms with van der Waals surface area (Å²) in [6.45, 7) is 4.37. The highest BCUT2D eigenvalue weighted by atomic mass is 35.5. The van der Waals surface area contributed by atoms with E-state index in [2.05, 4.69) is 48.6 Å². The van der Waals surface area contributed by atoms with Crippen molar-refractivity contribution in [2.24, 2.45) is 5.73 Å². The van der Waals surface area contributed by atoms with Gasteiger partial charge in [-0.2, -0.15) is 11.3 Å². The zero-order valence-electron chi connectivity index (χ0n) is 17.8. The maximum absolute atomic E-state index is 5.97. The highest BCUT2D eigenvalue weighted by Gasteiger charge is 2.20. The highest BCUT2D eigenvalue weighted by Crippen LogP contribution is 2.26. The second-order valence-corrected chi connectivity index (χ2v) is 8.41. The SMILES string of the molecule is CN1CCN(c2nccn3c(-c4ccnc(NC(CN)c5ccsc5)n4)cnc23)CC1.Cl. The van der Waals surface area contributed by atoms with Crippen molar-refractivity contribution in [3.63, 3.8) is 0 Å². The molecule has 1 saturated heterocycles. The molecule has 0 saturated carbocycles. The van der Waals surface area contributed by atoms with E-state index in [1.165, 1.54) is 0 Å². The summed E-state index contributed by atoms with van der Waals surface area (Å²) in [6, 6.07) is 3.93. The van der Waals surface area contributed by atoms with Gasteiger partial charge in [-0.25, -0.2) is 19.9 Å². The van der Waals surface area contributed by atoms with Crippen LogP contribution in [0, 0.1) is 0 Å². The number of nitrogens with one attached hydrogen (secondary N) is 1. The number of nitrogens with two attached hydrogens (primary N) is 1. The minimum absolute atomic E-state index is 0. The molecule has 168 valence electrons. The first-order valence-corrected chi connectivity index (χ1v) is 11.2. The van der Waals surface area contributed by atoms with Gasteiger partial charge in [0.05, 0.1) is 23.6 Å². The van der Waals surface area contributed by atoms with Crippen molar-refractivity contribution in [1.82, 2.24) is 29.2 Å². The number of fused-ring (bicyclic) bond motifs is 1. The van der Waals surface area contributed by atoms with Crippen LogP contribution in [0.5, 0.6) is 0 Å². The number of piperazine rings is 1. The van der Waals surface area contributed by atoms with Crippen LogP contribution in [0.3, 0.4) is 0 Å². The van der Waals surface area contributed by atoms with Crippen LogP contribution >= 0.6 is 23.7 Å². The van der Waals surface area contributed by atoms with Crippen LogP contribution in [-0.4, -0.2) is 69.0 Å². The van der Waals surface area contributed by atoms with Crippen molar-refractivity contribution in [2.75, 3.05) is 50.0 Å². The van der Waals surface area contributed by atoms with Gasteiger partial charge >= 0.3 is 0 Å². The van der Waals surface area contributed by atoms with Crippen LogP contribution < -0.4 is 16.0 Å². The Morgan fingerprint density at radius 3 is 2.72 bits per heavy atom. The molecule has 5 rings (SSSR count). The fraction of sp³-hybridized carbons (Fsp3) is 0.333. The van der Waals surface area contributed by atoms with E-state index in [4.69, 9.17) is 10.7 Å². The predicted octanol–water partition coefficient (Wildman–Crippen LogP) is 2.53. The van der Waals surface area contributed by atoms with Gasteiger partial charge in [-0.05, 0) is 35.5 Å². The van der Waals surface area contributed by atoms with Crippen LogP contribution in [-0.2, 0) is 0 Å². The number of aromatic nitrogens is 5. The fourth-order valence-corrected chi connectivity index (χ4v) is 4.53. The smallest absolute Gasteiger partial charge is 0.223 e. The third kappa shape index (κ3) is 4.40. The lowest BCUT2D eigenvalue weighted by Gasteiger charge is -2.33. The molecule has 4 aromatic heterocycles. The van der Waals surface area contributed by atoms with Crippen molar-refractivity contribution in [3.05, 3.63) is 53.2 Å². The molecular formula is C21H26ClN9S. The Hall–Kier alpha value is -2.79. The standard InChI is InChI=1S/C21H25N9S.ClH/c1-28-7-9-29(10-8-28)19-20-25-13-18(30(20)6-5-23-19)16-2-4-24-21(26-16)27-17(12-22)15-3-11-31-14-15;/h2-6,11,13-14,17H,7-10,12,22H2,1H3,(H,24,26,27);1H. The first kappa shape index (κ1) is 22.4. The first-order valence-electron chi connectivity index (χ1n) is 10.3. The van der Waals surface area contributed by atoms with Crippen LogP contribution in [0.2, 0.25) is 0 Å². The summed E-state index contributed by atoms with van der Waals surface area (Å²) in [5.74, 6) is 1.46. The van der Waals surface area contributed by atoms with E-state index in [1.54, 1.807) is 17.5 Å². The summed E-state index contributed by atoms with van der Waals surface area (Å²) in [7, 11) is 2.15. The number of imidazole rings is 1. The Balaban J connectivity index is 0.00000245. The predicted molar refractivity (Wildman–Crippen MR) is 131 cm³/mol. The zero-order valence-corrected chi connectivity index (χ0v) is 19.4. The minimum atomic E-state index is -0.0308. The highest BCUT2D eigenvalue weighted by molar-refractivity contribution is 7.08. The van der Waals surface area contributed by atoms with Gasteiger partial charge in [0.2, 0.25) is 5.95 Å². The molecule has 3 N–H and O–H groups in total. The summed E-state index contributed by atoms with van der Waals surface area (Å²) in [4.78, 5) is 23.1. The molecule has 0 radical (unpaired) electrons. The maximum atomic E-state index is 5.97. The van der Waals surface area contributed by atoms with Gasteiger partial charge < -0.3 is 20.9 Å². The van der Waals surface area contributed by atoms with E-state index in [0.29, 0.717) is 12.5 Å². The van der Waals surface area contributed by atoms with Crippen LogP contribution in [0.1, 0.15) is 11.6 Å². The fourth-order valence-electron chi connectivity index (χ4n) is 3.81. The third-order valence-electron chi connectivity index (χ3n) is 5.61. The second-order valence-electron chi connectivity index (χ2n) is 7.63. The second kappa shape index (κ2) is 9.78. The quantitative estimate of drug-likeness (QED) is 0.442.